The summed E-state index contributed by atoms with van der Waals surface area (Å²) in [5.41, 5.74) is -2.66. The molecule has 0 aromatic heterocycles. The molecule has 0 fully saturated rings. The van der Waals surface area contributed by atoms with Crippen LogP contribution in [0.2, 0.25) is 0 Å². The Bertz CT molecular complexity index is 551. The van der Waals surface area contributed by atoms with Crippen molar-refractivity contribution in [3.05, 3.63) is 35.9 Å². The third-order valence-corrected chi connectivity index (χ3v) is 3.10. The highest BCUT2D eigenvalue weighted by Crippen LogP contribution is 2.32. The average molecular weight is 348 g/mol. The first-order chi connectivity index (χ1) is 11.3. The molecule has 0 saturated carbocycles. The molecule has 1 aromatic carbocycles. The van der Waals surface area contributed by atoms with Crippen LogP contribution in [-0.4, -0.2) is 44.2 Å². The zero-order valence-electron chi connectivity index (χ0n) is 13.3. The van der Waals surface area contributed by atoms with Crippen molar-refractivity contribution in [2.24, 2.45) is 0 Å². The van der Waals surface area contributed by atoms with Crippen LogP contribution in [0.15, 0.2) is 30.3 Å². The van der Waals surface area contributed by atoms with Crippen molar-refractivity contribution in [2.45, 2.75) is 25.2 Å². The average Bonchev–Trinajstić information content (AvgIpc) is 2.52. The molecule has 0 aliphatic rings. The second-order valence-corrected chi connectivity index (χ2v) is 4.72. The van der Waals surface area contributed by atoms with Crippen molar-refractivity contribution in [3.63, 3.8) is 0 Å². The SMILES string of the molecule is CCOC(=O)C(NC(=O)NCCc1ccccc1)(OC)C(F)(F)F. The van der Waals surface area contributed by atoms with Crippen LogP contribution in [0.1, 0.15) is 12.5 Å². The number of ether oxygens (including phenoxy) is 2. The van der Waals surface area contributed by atoms with Crippen molar-refractivity contribution < 1.29 is 32.2 Å². The number of alkyl halides is 3. The van der Waals surface area contributed by atoms with Crippen molar-refractivity contribution in [1.82, 2.24) is 10.6 Å². The quantitative estimate of drug-likeness (QED) is 0.584. The summed E-state index contributed by atoms with van der Waals surface area (Å²) in [5, 5.41) is 3.77. The predicted molar refractivity (Wildman–Crippen MR) is 79.1 cm³/mol. The number of halogens is 3. The largest absolute Gasteiger partial charge is 0.462 e. The first kappa shape index (κ1) is 19.8. The number of nitrogens with one attached hydrogen (secondary N) is 2. The third-order valence-electron chi connectivity index (χ3n) is 3.10. The minimum atomic E-state index is -5.19. The fourth-order valence-electron chi connectivity index (χ4n) is 1.89. The number of benzene rings is 1. The van der Waals surface area contributed by atoms with Crippen molar-refractivity contribution in [2.75, 3.05) is 20.3 Å². The number of amides is 2. The molecular formula is C15H19F3N2O4. The van der Waals surface area contributed by atoms with Gasteiger partial charge < -0.3 is 14.8 Å². The van der Waals surface area contributed by atoms with E-state index in [-0.39, 0.29) is 13.2 Å². The molecule has 1 aromatic rings. The van der Waals surface area contributed by atoms with E-state index in [1.807, 2.05) is 18.2 Å². The Kier molecular flexibility index (Phi) is 7.02. The van der Waals surface area contributed by atoms with E-state index in [0.717, 1.165) is 5.56 Å². The molecule has 2 N–H and O–H groups in total. The summed E-state index contributed by atoms with van der Waals surface area (Å²) in [6, 6.07) is 7.85. The number of hydrogen-bond donors (Lipinski definition) is 2. The van der Waals surface area contributed by atoms with E-state index < -0.39 is 23.9 Å². The summed E-state index contributed by atoms with van der Waals surface area (Å²) in [5.74, 6) is -1.74. The summed E-state index contributed by atoms with van der Waals surface area (Å²) < 4.78 is 48.3. The Labute approximate surface area is 137 Å². The van der Waals surface area contributed by atoms with Crippen LogP contribution in [0, 0.1) is 0 Å². The van der Waals surface area contributed by atoms with Gasteiger partial charge >= 0.3 is 23.9 Å². The minimum Gasteiger partial charge on any atom is -0.462 e. The Morgan fingerprint density at radius 3 is 2.29 bits per heavy atom. The number of methoxy groups -OCH3 is 1. The van der Waals surface area contributed by atoms with E-state index in [2.05, 4.69) is 14.8 Å². The summed E-state index contributed by atoms with van der Waals surface area (Å²) in [7, 11) is 0.661. The second kappa shape index (κ2) is 8.53. The lowest BCUT2D eigenvalue weighted by atomic mass is 10.1. The van der Waals surface area contributed by atoms with Crippen LogP contribution < -0.4 is 10.6 Å². The number of carbonyl (C=O) groups excluding carboxylic acids is 2. The van der Waals surface area contributed by atoms with Crippen LogP contribution in [0.4, 0.5) is 18.0 Å². The van der Waals surface area contributed by atoms with Gasteiger partial charge in [0.25, 0.3) is 0 Å². The molecule has 24 heavy (non-hydrogen) atoms. The predicted octanol–water partition coefficient (Wildman–Crippen LogP) is 2.00. The standard InChI is InChI=1S/C15H19F3N2O4/c1-3-24-12(21)14(23-2,15(16,17)18)20-13(22)19-10-9-11-7-5-4-6-8-11/h4-8H,3,9-10H2,1-2H3,(H2,19,20,22). The van der Waals surface area contributed by atoms with Gasteiger partial charge in [-0.25, -0.2) is 9.59 Å². The lowest BCUT2D eigenvalue weighted by Gasteiger charge is -2.32. The molecule has 2 amide bonds. The van der Waals surface area contributed by atoms with Crippen LogP contribution in [0.5, 0.6) is 0 Å². The molecule has 0 heterocycles. The normalized spacial score (nSPS) is 13.7. The van der Waals surface area contributed by atoms with E-state index in [1.54, 1.807) is 12.1 Å². The summed E-state index contributed by atoms with van der Waals surface area (Å²) in [6.07, 6.45) is -4.77. The van der Waals surface area contributed by atoms with Crippen molar-refractivity contribution in [1.29, 1.82) is 0 Å². The molecule has 0 aliphatic carbocycles. The zero-order chi connectivity index (χ0) is 18.2. The molecule has 1 atom stereocenters. The fraction of sp³-hybridized carbons (Fsp3) is 0.467. The number of esters is 1. The number of rotatable bonds is 7. The van der Waals surface area contributed by atoms with Gasteiger partial charge in [0.15, 0.2) is 0 Å². The van der Waals surface area contributed by atoms with Gasteiger partial charge in [-0.15, -0.1) is 0 Å². The first-order valence-electron chi connectivity index (χ1n) is 7.16. The van der Waals surface area contributed by atoms with Crippen LogP contribution >= 0.6 is 0 Å². The number of hydrogen-bond acceptors (Lipinski definition) is 4. The van der Waals surface area contributed by atoms with Crippen molar-refractivity contribution >= 4 is 12.0 Å². The summed E-state index contributed by atoms with van der Waals surface area (Å²) in [6.45, 7) is 1.13. The maximum Gasteiger partial charge on any atom is 0.448 e. The van der Waals surface area contributed by atoms with Crippen LogP contribution in [0.3, 0.4) is 0 Å². The lowest BCUT2D eigenvalue weighted by Crippen LogP contribution is -2.67. The van der Waals surface area contributed by atoms with E-state index in [4.69, 9.17) is 0 Å². The number of carbonyl (C=O) groups is 2. The van der Waals surface area contributed by atoms with Gasteiger partial charge in [0.05, 0.1) is 6.61 Å². The highest BCUT2D eigenvalue weighted by atomic mass is 19.4. The second-order valence-electron chi connectivity index (χ2n) is 4.72. The first-order valence-corrected chi connectivity index (χ1v) is 7.16. The van der Waals surface area contributed by atoms with Gasteiger partial charge in [-0.1, -0.05) is 30.3 Å². The van der Waals surface area contributed by atoms with Gasteiger partial charge in [-0.05, 0) is 18.9 Å². The Balaban J connectivity index is 2.72. The highest BCUT2D eigenvalue weighted by Gasteiger charge is 2.64. The molecule has 0 saturated heterocycles. The molecule has 9 heteroatoms. The van der Waals surface area contributed by atoms with Gasteiger partial charge in [0.1, 0.15) is 0 Å². The summed E-state index contributed by atoms with van der Waals surface area (Å²) >= 11 is 0. The van der Waals surface area contributed by atoms with E-state index in [9.17, 15) is 22.8 Å². The van der Waals surface area contributed by atoms with E-state index in [0.29, 0.717) is 13.5 Å². The molecule has 1 unspecified atom stereocenters. The third kappa shape index (κ3) is 4.85. The number of urea groups is 1. The topological polar surface area (TPSA) is 76.7 Å². The van der Waals surface area contributed by atoms with Gasteiger partial charge in [0, 0.05) is 13.7 Å². The fourth-order valence-corrected chi connectivity index (χ4v) is 1.89. The maximum atomic E-state index is 13.2. The maximum absolute atomic E-state index is 13.2. The van der Waals surface area contributed by atoms with E-state index >= 15 is 0 Å². The smallest absolute Gasteiger partial charge is 0.448 e. The minimum absolute atomic E-state index is 0.0797. The van der Waals surface area contributed by atoms with Gasteiger partial charge in [-0.3, -0.25) is 5.32 Å². The van der Waals surface area contributed by atoms with Crippen molar-refractivity contribution in [3.8, 4) is 0 Å². The monoisotopic (exact) mass is 348 g/mol. The Morgan fingerprint density at radius 1 is 1.17 bits per heavy atom. The van der Waals surface area contributed by atoms with Gasteiger partial charge in [-0.2, -0.15) is 13.2 Å². The molecule has 0 bridgehead atoms. The molecule has 1 rings (SSSR count). The molecular weight excluding hydrogens is 329 g/mol. The highest BCUT2D eigenvalue weighted by molar-refractivity contribution is 5.87. The molecule has 134 valence electrons. The molecule has 0 spiro atoms. The van der Waals surface area contributed by atoms with Crippen LogP contribution in [-0.2, 0) is 20.7 Å². The molecule has 0 radical (unpaired) electrons. The molecule has 0 aliphatic heterocycles. The van der Waals surface area contributed by atoms with Gasteiger partial charge in [0.2, 0.25) is 0 Å². The summed E-state index contributed by atoms with van der Waals surface area (Å²) in [4.78, 5) is 23.4. The Morgan fingerprint density at radius 2 is 1.79 bits per heavy atom. The zero-order valence-corrected chi connectivity index (χ0v) is 13.3. The van der Waals surface area contributed by atoms with Crippen LogP contribution in [0.25, 0.3) is 0 Å². The lowest BCUT2D eigenvalue weighted by molar-refractivity contribution is -0.277. The Hall–Kier alpha value is -2.29. The molecule has 6 nitrogen and oxygen atoms in total. The van der Waals surface area contributed by atoms with E-state index in [1.165, 1.54) is 12.2 Å².